The molecule has 2 unspecified atom stereocenters. The molecule has 7 heteroatoms. The minimum Gasteiger partial charge on any atom is -0.449 e. The Morgan fingerprint density at radius 2 is 1.74 bits per heavy atom. The van der Waals surface area contributed by atoms with Crippen LogP contribution in [-0.2, 0) is 11.8 Å². The summed E-state index contributed by atoms with van der Waals surface area (Å²) in [7, 11) is 1.83. The van der Waals surface area contributed by atoms with E-state index in [1.165, 1.54) is 11.1 Å². The van der Waals surface area contributed by atoms with Crippen molar-refractivity contribution in [3.63, 3.8) is 0 Å². The molecule has 2 atom stereocenters. The lowest BCUT2D eigenvalue weighted by Crippen LogP contribution is -2.30. The highest BCUT2D eigenvalue weighted by Crippen LogP contribution is 2.44. The molecule has 0 saturated carbocycles. The molecule has 0 radical (unpaired) electrons. The lowest BCUT2D eigenvalue weighted by molar-refractivity contribution is 0.0137. The molecule has 1 aromatic heterocycles. The fraction of sp³-hybridized carbons (Fsp3) is 0.259. The van der Waals surface area contributed by atoms with E-state index in [0.29, 0.717) is 5.56 Å². The zero-order chi connectivity index (χ0) is 23.7. The Labute approximate surface area is 197 Å². The molecule has 1 heterocycles. The Morgan fingerprint density at radius 1 is 1.06 bits per heavy atom. The molecule has 34 heavy (non-hydrogen) atoms. The van der Waals surface area contributed by atoms with Gasteiger partial charge < -0.3 is 20.3 Å². The molecule has 0 fully saturated rings. The number of nitrogens with one attached hydrogen (secondary N) is 1. The highest BCUT2D eigenvalue weighted by Gasteiger charge is 2.29. The number of ether oxygens (including phenoxy) is 1. The van der Waals surface area contributed by atoms with Crippen molar-refractivity contribution in [3.05, 3.63) is 89.6 Å². The lowest BCUT2D eigenvalue weighted by Gasteiger charge is -2.19. The molecular formula is C27H27N3O4. The Kier molecular flexibility index (Phi) is 6.04. The topological polar surface area (TPSA) is 96.6 Å². The molecule has 7 nitrogen and oxygen atoms in total. The van der Waals surface area contributed by atoms with Crippen molar-refractivity contribution in [2.24, 2.45) is 7.05 Å². The molecule has 0 aliphatic heterocycles. The maximum atomic E-state index is 12.3. The van der Waals surface area contributed by atoms with Crippen LogP contribution in [0.15, 0.2) is 72.9 Å². The number of fused-ring (bicyclic) bond motifs is 4. The van der Waals surface area contributed by atoms with E-state index in [9.17, 15) is 15.0 Å². The van der Waals surface area contributed by atoms with Crippen molar-refractivity contribution in [3.8, 4) is 11.1 Å². The van der Waals surface area contributed by atoms with Gasteiger partial charge in [0.25, 0.3) is 0 Å². The van der Waals surface area contributed by atoms with Crippen molar-refractivity contribution in [2.75, 3.05) is 13.2 Å². The maximum Gasteiger partial charge on any atom is 0.407 e. The minimum absolute atomic E-state index is 0.00696. The smallest absolute Gasteiger partial charge is 0.407 e. The van der Waals surface area contributed by atoms with E-state index >= 15 is 0 Å². The third-order valence-corrected chi connectivity index (χ3v) is 6.53. The van der Waals surface area contributed by atoms with Gasteiger partial charge >= 0.3 is 6.09 Å². The van der Waals surface area contributed by atoms with Gasteiger partial charge in [-0.25, -0.2) is 4.79 Å². The van der Waals surface area contributed by atoms with Gasteiger partial charge in [0.1, 0.15) is 12.7 Å². The number of hydrogen-bond acceptors (Lipinski definition) is 5. The summed E-state index contributed by atoms with van der Waals surface area (Å²) >= 11 is 0. The molecule has 0 saturated heterocycles. The van der Waals surface area contributed by atoms with Gasteiger partial charge in [0.2, 0.25) is 0 Å². The third kappa shape index (κ3) is 4.16. The maximum absolute atomic E-state index is 12.3. The number of aliphatic hydroxyl groups excluding tert-OH is 2. The van der Waals surface area contributed by atoms with Crippen LogP contribution in [0.5, 0.6) is 0 Å². The van der Waals surface area contributed by atoms with Crippen molar-refractivity contribution in [1.82, 2.24) is 15.1 Å². The number of carbonyl (C=O) groups is 1. The number of aromatic nitrogens is 2. The highest BCUT2D eigenvalue weighted by molar-refractivity contribution is 5.80. The monoisotopic (exact) mass is 457 g/mol. The standard InChI is InChI=1S/C27H27N3O4/c1-30-24-14-17(10-11-18(24)15-29-30)26(32)25(31)12-13-28-27(33)34-16-23-21-8-4-2-6-19(21)20-7-3-5-9-22(20)23/h2-11,14-15,23,25-26,31-32H,12-13,16H2,1H3,(H,28,33). The van der Waals surface area contributed by atoms with Gasteiger partial charge in [-0.05, 0) is 40.3 Å². The van der Waals surface area contributed by atoms with E-state index in [1.54, 1.807) is 16.9 Å². The number of aliphatic hydroxyl groups is 2. The molecule has 5 rings (SSSR count). The fourth-order valence-corrected chi connectivity index (χ4v) is 4.70. The predicted molar refractivity (Wildman–Crippen MR) is 129 cm³/mol. The van der Waals surface area contributed by atoms with Crippen LogP contribution in [0.25, 0.3) is 22.0 Å². The highest BCUT2D eigenvalue weighted by atomic mass is 16.5. The predicted octanol–water partition coefficient (Wildman–Crippen LogP) is 3.90. The molecule has 4 aromatic rings. The summed E-state index contributed by atoms with van der Waals surface area (Å²) in [6, 6.07) is 21.8. The van der Waals surface area contributed by atoms with E-state index in [-0.39, 0.29) is 25.5 Å². The van der Waals surface area contributed by atoms with E-state index in [4.69, 9.17) is 4.74 Å². The molecule has 3 N–H and O–H groups in total. The van der Waals surface area contributed by atoms with Crippen LogP contribution < -0.4 is 5.32 Å². The summed E-state index contributed by atoms with van der Waals surface area (Å²) in [6.45, 7) is 0.415. The van der Waals surface area contributed by atoms with Gasteiger partial charge in [-0.2, -0.15) is 5.10 Å². The Morgan fingerprint density at radius 3 is 2.44 bits per heavy atom. The van der Waals surface area contributed by atoms with Crippen LogP contribution in [-0.4, -0.2) is 45.3 Å². The molecule has 3 aromatic carbocycles. The van der Waals surface area contributed by atoms with E-state index in [0.717, 1.165) is 22.0 Å². The second kappa shape index (κ2) is 9.29. The van der Waals surface area contributed by atoms with Crippen LogP contribution in [0.4, 0.5) is 4.79 Å². The van der Waals surface area contributed by atoms with E-state index in [2.05, 4.69) is 34.7 Å². The quantitative estimate of drug-likeness (QED) is 0.391. The summed E-state index contributed by atoms with van der Waals surface area (Å²) in [5, 5.41) is 28.8. The first-order chi connectivity index (χ1) is 16.5. The van der Waals surface area contributed by atoms with E-state index in [1.807, 2.05) is 43.4 Å². The summed E-state index contributed by atoms with van der Waals surface area (Å²) in [5.74, 6) is -0.00696. The number of nitrogens with zero attached hydrogens (tertiary/aromatic N) is 2. The van der Waals surface area contributed by atoms with Crippen LogP contribution in [0.2, 0.25) is 0 Å². The lowest BCUT2D eigenvalue weighted by atomic mass is 9.98. The van der Waals surface area contributed by atoms with Gasteiger partial charge in [-0.15, -0.1) is 0 Å². The first-order valence-corrected chi connectivity index (χ1v) is 11.4. The molecule has 174 valence electrons. The molecule has 1 amide bonds. The van der Waals surface area contributed by atoms with Crippen molar-refractivity contribution >= 4 is 17.0 Å². The van der Waals surface area contributed by atoms with Gasteiger partial charge in [-0.1, -0.05) is 60.7 Å². The fourth-order valence-electron chi connectivity index (χ4n) is 4.70. The first-order valence-electron chi connectivity index (χ1n) is 11.4. The van der Waals surface area contributed by atoms with Gasteiger partial charge in [0, 0.05) is 24.9 Å². The largest absolute Gasteiger partial charge is 0.449 e. The van der Waals surface area contributed by atoms with Crippen molar-refractivity contribution in [1.29, 1.82) is 0 Å². The Balaban J connectivity index is 1.14. The Bertz CT molecular complexity index is 1290. The second-order valence-corrected chi connectivity index (χ2v) is 8.64. The summed E-state index contributed by atoms with van der Waals surface area (Å²) < 4.78 is 7.23. The van der Waals surface area contributed by atoms with Crippen LogP contribution in [0.1, 0.15) is 35.1 Å². The molecule has 0 bridgehead atoms. The van der Waals surface area contributed by atoms with Crippen LogP contribution in [0.3, 0.4) is 0 Å². The number of amides is 1. The summed E-state index contributed by atoms with van der Waals surface area (Å²) in [6.07, 6.45) is -0.697. The number of carbonyl (C=O) groups excluding carboxylic acids is 1. The average Bonchev–Trinajstić information content (AvgIpc) is 3.39. The number of hydrogen-bond donors (Lipinski definition) is 3. The molecule has 1 aliphatic rings. The van der Waals surface area contributed by atoms with Crippen molar-refractivity contribution in [2.45, 2.75) is 24.5 Å². The van der Waals surface area contributed by atoms with Crippen LogP contribution >= 0.6 is 0 Å². The molecule has 0 spiro atoms. The van der Waals surface area contributed by atoms with E-state index < -0.39 is 18.3 Å². The first kappa shape index (κ1) is 22.1. The third-order valence-electron chi connectivity index (χ3n) is 6.53. The number of alkyl carbamates (subject to hydrolysis) is 1. The zero-order valence-electron chi connectivity index (χ0n) is 18.9. The van der Waals surface area contributed by atoms with Gasteiger partial charge in [-0.3, -0.25) is 4.68 Å². The zero-order valence-corrected chi connectivity index (χ0v) is 18.9. The SMILES string of the molecule is Cn1ncc2ccc(C(O)C(O)CCNC(=O)OCC3c4ccccc4-c4ccccc43)cc21. The Hall–Kier alpha value is -3.68. The minimum atomic E-state index is -1.07. The van der Waals surface area contributed by atoms with Crippen molar-refractivity contribution < 1.29 is 19.7 Å². The van der Waals surface area contributed by atoms with Gasteiger partial charge in [0.05, 0.1) is 17.8 Å². The number of aryl methyl sites for hydroxylation is 1. The second-order valence-electron chi connectivity index (χ2n) is 8.64. The van der Waals surface area contributed by atoms with Crippen LogP contribution in [0, 0.1) is 0 Å². The molecular weight excluding hydrogens is 430 g/mol. The van der Waals surface area contributed by atoms with Gasteiger partial charge in [0.15, 0.2) is 0 Å². The number of benzene rings is 3. The molecule has 1 aliphatic carbocycles. The number of rotatable bonds is 7. The normalized spacial score (nSPS) is 14.4. The summed E-state index contributed by atoms with van der Waals surface area (Å²) in [4.78, 5) is 12.3. The average molecular weight is 458 g/mol. The summed E-state index contributed by atoms with van der Waals surface area (Å²) in [5.41, 5.74) is 6.13.